The van der Waals surface area contributed by atoms with Crippen LogP contribution in [0.15, 0.2) is 0 Å². The Kier molecular flexibility index (Phi) is 4.50. The highest BCUT2D eigenvalue weighted by atomic mass is 32.2. The molecular formula is C7H18N4O2S. The summed E-state index contributed by atoms with van der Waals surface area (Å²) in [7, 11) is -3.57. The van der Waals surface area contributed by atoms with Crippen molar-refractivity contribution in [3.63, 3.8) is 0 Å². The van der Waals surface area contributed by atoms with E-state index in [1.807, 2.05) is 6.92 Å². The van der Waals surface area contributed by atoms with Crippen LogP contribution in [0, 0.1) is 5.41 Å². The fourth-order valence-corrected chi connectivity index (χ4v) is 1.99. The van der Waals surface area contributed by atoms with Crippen LogP contribution in [0.3, 0.4) is 0 Å². The lowest BCUT2D eigenvalue weighted by Gasteiger charge is -2.24. The van der Waals surface area contributed by atoms with Crippen molar-refractivity contribution < 1.29 is 8.42 Å². The molecule has 0 aromatic carbocycles. The van der Waals surface area contributed by atoms with Crippen LogP contribution in [0.4, 0.5) is 0 Å². The van der Waals surface area contributed by atoms with Crippen molar-refractivity contribution in [1.82, 2.24) is 9.44 Å². The molecule has 0 aromatic heterocycles. The Morgan fingerprint density at radius 3 is 2.36 bits per heavy atom. The van der Waals surface area contributed by atoms with E-state index in [9.17, 15) is 8.42 Å². The number of nitrogens with two attached hydrogens (primary N) is 1. The van der Waals surface area contributed by atoms with Gasteiger partial charge in [0.25, 0.3) is 10.2 Å². The zero-order valence-corrected chi connectivity index (χ0v) is 9.53. The van der Waals surface area contributed by atoms with E-state index in [0.29, 0.717) is 13.0 Å². The van der Waals surface area contributed by atoms with E-state index in [1.54, 1.807) is 0 Å². The van der Waals surface area contributed by atoms with Gasteiger partial charge in [0, 0.05) is 6.54 Å². The summed E-state index contributed by atoms with van der Waals surface area (Å²) in [4.78, 5) is 0. The predicted octanol–water partition coefficient (Wildman–Crippen LogP) is -0.465. The number of rotatable bonds is 6. The van der Waals surface area contributed by atoms with Crippen LogP contribution in [0.5, 0.6) is 0 Å². The molecule has 0 radical (unpaired) electrons. The maximum Gasteiger partial charge on any atom is 0.277 e. The minimum absolute atomic E-state index is 0.223. The highest BCUT2D eigenvalue weighted by molar-refractivity contribution is 7.87. The third kappa shape index (κ3) is 4.54. The molecule has 0 aliphatic heterocycles. The Labute approximate surface area is 85.0 Å². The topological polar surface area (TPSA) is 108 Å². The molecule has 0 aliphatic rings. The Morgan fingerprint density at radius 1 is 1.50 bits per heavy atom. The molecule has 0 saturated heterocycles. The lowest BCUT2D eigenvalue weighted by atomic mass is 10.1. The Bertz CT molecular complexity index is 297. The summed E-state index contributed by atoms with van der Waals surface area (Å²) in [6.45, 7) is 5.28. The van der Waals surface area contributed by atoms with Crippen molar-refractivity contribution in [2.24, 2.45) is 5.73 Å². The average molecular weight is 222 g/mol. The minimum Gasteiger partial charge on any atom is -0.386 e. The largest absolute Gasteiger partial charge is 0.386 e. The minimum atomic E-state index is -3.57. The first-order chi connectivity index (χ1) is 6.21. The molecule has 0 bridgehead atoms. The molecule has 0 saturated carbocycles. The van der Waals surface area contributed by atoms with Crippen LogP contribution in [-0.4, -0.2) is 26.3 Å². The lowest BCUT2D eigenvalue weighted by Crippen LogP contribution is -2.55. The van der Waals surface area contributed by atoms with E-state index < -0.39 is 15.7 Å². The third-order valence-electron chi connectivity index (χ3n) is 1.60. The fraction of sp³-hybridized carbons (Fsp3) is 0.857. The van der Waals surface area contributed by atoms with Crippen molar-refractivity contribution >= 4 is 16.0 Å². The van der Waals surface area contributed by atoms with Gasteiger partial charge in [0.05, 0.1) is 5.54 Å². The summed E-state index contributed by atoms with van der Waals surface area (Å²) in [5.41, 5.74) is 4.18. The van der Waals surface area contributed by atoms with Crippen LogP contribution in [-0.2, 0) is 10.2 Å². The first kappa shape index (κ1) is 13.3. The molecule has 0 heterocycles. The predicted molar refractivity (Wildman–Crippen MR) is 56.3 cm³/mol. The van der Waals surface area contributed by atoms with Gasteiger partial charge in [-0.15, -0.1) is 0 Å². The molecule has 0 aromatic rings. The second kappa shape index (κ2) is 4.72. The molecular weight excluding hydrogens is 204 g/mol. The summed E-state index contributed by atoms with van der Waals surface area (Å²) >= 11 is 0. The number of nitrogens with one attached hydrogen (secondary N) is 3. The molecule has 0 aliphatic carbocycles. The van der Waals surface area contributed by atoms with Gasteiger partial charge >= 0.3 is 0 Å². The fourth-order valence-electron chi connectivity index (χ4n) is 0.663. The zero-order chi connectivity index (χ0) is 11.4. The van der Waals surface area contributed by atoms with Gasteiger partial charge in [-0.25, -0.2) is 4.72 Å². The zero-order valence-electron chi connectivity index (χ0n) is 8.72. The van der Waals surface area contributed by atoms with Crippen LogP contribution in [0.2, 0.25) is 0 Å². The molecule has 0 atom stereocenters. The molecule has 0 unspecified atom stereocenters. The van der Waals surface area contributed by atoms with E-state index in [4.69, 9.17) is 11.1 Å². The van der Waals surface area contributed by atoms with Crippen LogP contribution in [0.1, 0.15) is 27.2 Å². The van der Waals surface area contributed by atoms with Crippen molar-refractivity contribution in [3.8, 4) is 0 Å². The van der Waals surface area contributed by atoms with Crippen LogP contribution in [0.25, 0.3) is 0 Å². The smallest absolute Gasteiger partial charge is 0.277 e. The quantitative estimate of drug-likeness (QED) is 0.360. The van der Waals surface area contributed by atoms with Crippen molar-refractivity contribution in [3.05, 3.63) is 0 Å². The molecule has 14 heavy (non-hydrogen) atoms. The van der Waals surface area contributed by atoms with Gasteiger partial charge in [-0.05, 0) is 20.3 Å². The Balaban J connectivity index is 4.43. The molecule has 0 fully saturated rings. The highest BCUT2D eigenvalue weighted by Gasteiger charge is 2.27. The Hall–Kier alpha value is -0.660. The van der Waals surface area contributed by atoms with Gasteiger partial charge in [0.1, 0.15) is 5.84 Å². The second-order valence-electron chi connectivity index (χ2n) is 3.54. The van der Waals surface area contributed by atoms with Gasteiger partial charge in [-0.1, -0.05) is 6.92 Å². The van der Waals surface area contributed by atoms with Crippen molar-refractivity contribution in [2.45, 2.75) is 32.7 Å². The Morgan fingerprint density at radius 2 is 2.00 bits per heavy atom. The lowest BCUT2D eigenvalue weighted by molar-refractivity contribution is 0.529. The van der Waals surface area contributed by atoms with Crippen LogP contribution < -0.4 is 15.2 Å². The van der Waals surface area contributed by atoms with E-state index in [1.165, 1.54) is 13.8 Å². The summed E-state index contributed by atoms with van der Waals surface area (Å²) < 4.78 is 27.3. The summed E-state index contributed by atoms with van der Waals surface area (Å²) in [6, 6.07) is 0. The summed E-state index contributed by atoms with van der Waals surface area (Å²) in [5, 5.41) is 7.18. The van der Waals surface area contributed by atoms with E-state index in [0.717, 1.165) is 0 Å². The average Bonchev–Trinajstić information content (AvgIpc) is 1.99. The molecule has 5 N–H and O–H groups in total. The first-order valence-corrected chi connectivity index (χ1v) is 5.82. The van der Waals surface area contributed by atoms with Gasteiger partial charge in [0.2, 0.25) is 0 Å². The summed E-state index contributed by atoms with van der Waals surface area (Å²) in [6.07, 6.45) is 0.710. The number of hydrogen-bond donors (Lipinski definition) is 4. The summed E-state index contributed by atoms with van der Waals surface area (Å²) in [5.74, 6) is -0.223. The maximum absolute atomic E-state index is 11.3. The number of hydrogen-bond acceptors (Lipinski definition) is 3. The molecule has 0 rings (SSSR count). The van der Waals surface area contributed by atoms with Crippen molar-refractivity contribution in [2.75, 3.05) is 6.54 Å². The van der Waals surface area contributed by atoms with Gasteiger partial charge in [-0.2, -0.15) is 13.1 Å². The second-order valence-corrected chi connectivity index (χ2v) is 5.04. The highest BCUT2D eigenvalue weighted by Crippen LogP contribution is 2.02. The molecule has 0 spiro atoms. The number of amidine groups is 1. The monoisotopic (exact) mass is 222 g/mol. The SMILES string of the molecule is CCCNS(=O)(=O)NC(C)(C)C(=N)N. The van der Waals surface area contributed by atoms with Gasteiger partial charge < -0.3 is 5.73 Å². The normalized spacial score (nSPS) is 12.8. The standard InChI is InChI=1S/C7H18N4O2S/c1-4-5-10-14(12,13)11-7(2,3)6(8)9/h10-11H,4-5H2,1-3H3,(H3,8,9). The third-order valence-corrected chi connectivity index (χ3v) is 2.97. The van der Waals surface area contributed by atoms with E-state index in [-0.39, 0.29) is 5.84 Å². The van der Waals surface area contributed by atoms with Crippen LogP contribution >= 0.6 is 0 Å². The molecule has 0 amide bonds. The maximum atomic E-state index is 11.3. The molecule has 84 valence electrons. The molecule has 7 heteroatoms. The van der Waals surface area contributed by atoms with Gasteiger partial charge in [-0.3, -0.25) is 5.41 Å². The van der Waals surface area contributed by atoms with Crippen molar-refractivity contribution in [1.29, 1.82) is 5.41 Å². The van der Waals surface area contributed by atoms with E-state index >= 15 is 0 Å². The first-order valence-electron chi connectivity index (χ1n) is 4.34. The molecule has 6 nitrogen and oxygen atoms in total. The van der Waals surface area contributed by atoms with Gasteiger partial charge in [0.15, 0.2) is 0 Å². The van der Waals surface area contributed by atoms with E-state index in [2.05, 4.69) is 9.44 Å².